The standard InChI is InChI=1S/C34H50ClN5O2/c1-23(2)33(36-32(41)14-15-37(6)7)28-20-25(5)8-13-31(28)38-16-18-39(19-17-38)34(42)30-22-40(24(3)4)21-29(30)26-9-11-27(35)12-10-26/h8-13,20,23-24,29-30,33H,14-19,21-22H2,1-7H3,(H,36,41)/t29-,30+,33-/m0/s1. The van der Waals surface area contributed by atoms with Crippen molar-refractivity contribution >= 4 is 29.1 Å². The van der Waals surface area contributed by atoms with Gasteiger partial charge in [0.15, 0.2) is 0 Å². The Bertz CT molecular complexity index is 1210. The number of benzene rings is 2. The van der Waals surface area contributed by atoms with Crippen LogP contribution in [0.2, 0.25) is 5.02 Å². The van der Waals surface area contributed by atoms with Crippen molar-refractivity contribution in [2.45, 2.75) is 59.0 Å². The number of likely N-dealkylation sites (tertiary alicyclic amines) is 1. The third kappa shape index (κ3) is 7.86. The van der Waals surface area contributed by atoms with Gasteiger partial charge in [0, 0.05) is 74.9 Å². The molecule has 3 atom stereocenters. The first-order valence-electron chi connectivity index (χ1n) is 15.5. The van der Waals surface area contributed by atoms with Gasteiger partial charge in [-0.15, -0.1) is 0 Å². The van der Waals surface area contributed by atoms with Crippen molar-refractivity contribution < 1.29 is 9.59 Å². The number of anilines is 1. The highest BCUT2D eigenvalue weighted by Gasteiger charge is 2.41. The van der Waals surface area contributed by atoms with E-state index < -0.39 is 0 Å². The molecule has 42 heavy (non-hydrogen) atoms. The maximum atomic E-state index is 14.0. The van der Waals surface area contributed by atoms with Crippen LogP contribution in [0.4, 0.5) is 5.69 Å². The van der Waals surface area contributed by atoms with E-state index in [-0.39, 0.29) is 35.6 Å². The van der Waals surface area contributed by atoms with Gasteiger partial charge in [0.2, 0.25) is 11.8 Å². The van der Waals surface area contributed by atoms with Crippen LogP contribution >= 0.6 is 11.6 Å². The Labute approximate surface area is 258 Å². The molecule has 0 aliphatic carbocycles. The third-order valence-corrected chi connectivity index (χ3v) is 9.17. The Morgan fingerprint density at radius 1 is 0.976 bits per heavy atom. The van der Waals surface area contributed by atoms with Gasteiger partial charge in [-0.25, -0.2) is 0 Å². The second-order valence-corrected chi connectivity index (χ2v) is 13.5. The van der Waals surface area contributed by atoms with Gasteiger partial charge in [0.1, 0.15) is 0 Å². The molecule has 2 aromatic carbocycles. The summed E-state index contributed by atoms with van der Waals surface area (Å²) in [6, 6.07) is 14.9. The van der Waals surface area contributed by atoms with E-state index in [0.29, 0.717) is 25.6 Å². The highest BCUT2D eigenvalue weighted by molar-refractivity contribution is 6.30. The normalized spacial score (nSPS) is 20.5. The number of carbonyl (C=O) groups excluding carboxylic acids is 2. The Morgan fingerprint density at radius 2 is 1.64 bits per heavy atom. The van der Waals surface area contributed by atoms with E-state index in [1.807, 2.05) is 31.1 Å². The van der Waals surface area contributed by atoms with Crippen LogP contribution < -0.4 is 10.2 Å². The van der Waals surface area contributed by atoms with Crippen LogP contribution in [0.3, 0.4) is 0 Å². The number of halogens is 1. The molecule has 230 valence electrons. The number of nitrogens with zero attached hydrogens (tertiary/aromatic N) is 4. The van der Waals surface area contributed by atoms with E-state index in [1.165, 1.54) is 11.1 Å². The highest BCUT2D eigenvalue weighted by atomic mass is 35.5. The molecule has 0 radical (unpaired) electrons. The molecule has 0 saturated carbocycles. The fraction of sp³-hybridized carbons (Fsp3) is 0.588. The number of nitrogens with one attached hydrogen (secondary N) is 1. The molecule has 0 unspecified atom stereocenters. The zero-order chi connectivity index (χ0) is 30.6. The number of hydrogen-bond donors (Lipinski definition) is 1. The maximum absolute atomic E-state index is 14.0. The van der Waals surface area contributed by atoms with E-state index in [1.54, 1.807) is 0 Å². The average molecular weight is 596 g/mol. The minimum absolute atomic E-state index is 0.0576. The summed E-state index contributed by atoms with van der Waals surface area (Å²) >= 11 is 6.18. The van der Waals surface area contributed by atoms with E-state index in [0.717, 1.165) is 49.0 Å². The lowest BCUT2D eigenvalue weighted by Gasteiger charge is -2.39. The number of piperazine rings is 1. The van der Waals surface area contributed by atoms with E-state index in [2.05, 4.69) is 85.0 Å². The zero-order valence-electron chi connectivity index (χ0n) is 26.6. The highest BCUT2D eigenvalue weighted by Crippen LogP contribution is 2.37. The molecule has 2 aromatic rings. The minimum Gasteiger partial charge on any atom is -0.368 e. The number of aryl methyl sites for hydroxylation is 1. The minimum atomic E-state index is -0.0742. The quantitative estimate of drug-likeness (QED) is 0.410. The van der Waals surface area contributed by atoms with Crippen LogP contribution in [0.5, 0.6) is 0 Å². The number of rotatable bonds is 10. The fourth-order valence-corrected chi connectivity index (χ4v) is 6.47. The molecular weight excluding hydrogens is 546 g/mol. The summed E-state index contributed by atoms with van der Waals surface area (Å²) in [5, 5.41) is 4.05. The summed E-state index contributed by atoms with van der Waals surface area (Å²) in [5.41, 5.74) is 4.69. The van der Waals surface area contributed by atoms with Crippen LogP contribution in [0, 0.1) is 18.8 Å². The molecule has 4 rings (SSSR count). The van der Waals surface area contributed by atoms with Crippen molar-refractivity contribution in [1.29, 1.82) is 0 Å². The summed E-state index contributed by atoms with van der Waals surface area (Å²) < 4.78 is 0. The van der Waals surface area contributed by atoms with Gasteiger partial charge in [-0.2, -0.15) is 0 Å². The van der Waals surface area contributed by atoms with Crippen molar-refractivity contribution in [2.75, 3.05) is 64.8 Å². The molecule has 0 spiro atoms. The van der Waals surface area contributed by atoms with Gasteiger partial charge in [-0.1, -0.05) is 55.3 Å². The smallest absolute Gasteiger partial charge is 0.227 e. The summed E-state index contributed by atoms with van der Waals surface area (Å²) in [6.45, 7) is 16.2. The van der Waals surface area contributed by atoms with Crippen LogP contribution in [0.1, 0.15) is 62.8 Å². The first kappa shape index (κ1) is 32.3. The summed E-state index contributed by atoms with van der Waals surface area (Å²) in [5.74, 6) is 0.690. The number of amides is 2. The Balaban J connectivity index is 1.48. The first-order valence-corrected chi connectivity index (χ1v) is 15.9. The molecule has 2 saturated heterocycles. The molecule has 0 aromatic heterocycles. The Hall–Kier alpha value is -2.61. The van der Waals surface area contributed by atoms with Crippen LogP contribution in [0.15, 0.2) is 42.5 Å². The molecule has 0 bridgehead atoms. The molecule has 2 aliphatic heterocycles. The Kier molecular flexibility index (Phi) is 11.0. The monoisotopic (exact) mass is 595 g/mol. The van der Waals surface area contributed by atoms with Crippen LogP contribution in [-0.2, 0) is 9.59 Å². The molecule has 2 heterocycles. The zero-order valence-corrected chi connectivity index (χ0v) is 27.3. The number of carbonyl (C=O) groups is 2. The largest absolute Gasteiger partial charge is 0.368 e. The van der Waals surface area contributed by atoms with Gasteiger partial charge in [0.05, 0.1) is 12.0 Å². The predicted octanol–water partition coefficient (Wildman–Crippen LogP) is 5.19. The van der Waals surface area contributed by atoms with Gasteiger partial charge < -0.3 is 20.0 Å². The maximum Gasteiger partial charge on any atom is 0.227 e. The molecule has 1 N–H and O–H groups in total. The second kappa shape index (κ2) is 14.2. The second-order valence-electron chi connectivity index (χ2n) is 13.0. The third-order valence-electron chi connectivity index (χ3n) is 8.91. The van der Waals surface area contributed by atoms with Crippen molar-refractivity contribution in [3.63, 3.8) is 0 Å². The first-order chi connectivity index (χ1) is 19.9. The van der Waals surface area contributed by atoms with Gasteiger partial charge in [0.25, 0.3) is 0 Å². The molecule has 8 heteroatoms. The molecule has 2 aliphatic rings. The Morgan fingerprint density at radius 3 is 2.24 bits per heavy atom. The van der Waals surface area contributed by atoms with Gasteiger partial charge in [-0.3, -0.25) is 14.5 Å². The lowest BCUT2D eigenvalue weighted by molar-refractivity contribution is -0.136. The SMILES string of the molecule is Cc1ccc(N2CCN(C(=O)[C@@H]3CN(C(C)C)C[C@H]3c3ccc(Cl)cc3)CC2)c([C@@H](NC(=O)CCN(C)C)C(C)C)c1. The van der Waals surface area contributed by atoms with E-state index >= 15 is 0 Å². The lowest BCUT2D eigenvalue weighted by atomic mass is 9.88. The fourth-order valence-electron chi connectivity index (χ4n) is 6.34. The predicted molar refractivity (Wildman–Crippen MR) is 173 cm³/mol. The van der Waals surface area contributed by atoms with Crippen molar-refractivity contribution in [1.82, 2.24) is 20.0 Å². The lowest BCUT2D eigenvalue weighted by Crippen LogP contribution is -2.51. The van der Waals surface area contributed by atoms with Gasteiger partial charge >= 0.3 is 0 Å². The number of hydrogen-bond acceptors (Lipinski definition) is 5. The van der Waals surface area contributed by atoms with Crippen molar-refractivity contribution in [2.24, 2.45) is 11.8 Å². The summed E-state index contributed by atoms with van der Waals surface area (Å²) in [7, 11) is 3.97. The molecule has 2 fully saturated rings. The molecule has 2 amide bonds. The molecule has 7 nitrogen and oxygen atoms in total. The van der Waals surface area contributed by atoms with E-state index in [4.69, 9.17) is 11.6 Å². The topological polar surface area (TPSA) is 59.1 Å². The molecular formula is C34H50ClN5O2. The summed E-state index contributed by atoms with van der Waals surface area (Å²) in [6.07, 6.45) is 0.477. The van der Waals surface area contributed by atoms with Gasteiger partial charge in [-0.05, 0) is 70.1 Å². The van der Waals surface area contributed by atoms with Crippen LogP contribution in [-0.4, -0.2) is 92.5 Å². The van der Waals surface area contributed by atoms with Crippen molar-refractivity contribution in [3.05, 3.63) is 64.2 Å². The van der Waals surface area contributed by atoms with Crippen LogP contribution in [0.25, 0.3) is 0 Å². The van der Waals surface area contributed by atoms with Crippen molar-refractivity contribution in [3.8, 4) is 0 Å². The summed E-state index contributed by atoms with van der Waals surface area (Å²) in [4.78, 5) is 35.8. The average Bonchev–Trinajstić information content (AvgIpc) is 3.41. The van der Waals surface area contributed by atoms with E-state index in [9.17, 15) is 9.59 Å².